The van der Waals surface area contributed by atoms with Gasteiger partial charge in [0.05, 0.1) is 11.2 Å². The zero-order valence-corrected chi connectivity index (χ0v) is 19.0. The van der Waals surface area contributed by atoms with Crippen molar-refractivity contribution in [2.45, 2.75) is 39.8 Å². The molecule has 0 atom stereocenters. The van der Waals surface area contributed by atoms with Gasteiger partial charge in [-0.2, -0.15) is 0 Å². The predicted octanol–water partition coefficient (Wildman–Crippen LogP) is 2.47. The molecule has 1 aliphatic rings. The van der Waals surface area contributed by atoms with Crippen molar-refractivity contribution < 1.29 is 14.1 Å². The van der Waals surface area contributed by atoms with Crippen LogP contribution in [0.15, 0.2) is 29.1 Å². The summed E-state index contributed by atoms with van der Waals surface area (Å²) in [6.07, 6.45) is 2.80. The monoisotopic (exact) mass is 445 g/mol. The summed E-state index contributed by atoms with van der Waals surface area (Å²) in [7, 11) is 0. The van der Waals surface area contributed by atoms with Gasteiger partial charge >= 0.3 is 5.69 Å². The maximum atomic E-state index is 12.5. The molecule has 11 heteroatoms. The highest BCUT2D eigenvalue weighted by Crippen LogP contribution is 2.32. The third-order valence-corrected chi connectivity index (χ3v) is 5.57. The highest BCUT2D eigenvalue weighted by molar-refractivity contribution is 5.91. The first-order valence-electron chi connectivity index (χ1n) is 10.9. The van der Waals surface area contributed by atoms with E-state index in [4.69, 9.17) is 4.42 Å². The number of nitro groups is 1. The van der Waals surface area contributed by atoms with Gasteiger partial charge in [-0.3, -0.25) is 19.8 Å². The van der Waals surface area contributed by atoms with Crippen molar-refractivity contribution >= 4 is 23.2 Å². The molecule has 2 aromatic rings. The lowest BCUT2D eigenvalue weighted by Gasteiger charge is -2.34. The van der Waals surface area contributed by atoms with Crippen LogP contribution in [0.5, 0.6) is 0 Å². The van der Waals surface area contributed by atoms with Gasteiger partial charge in [-0.05, 0) is 39.8 Å². The summed E-state index contributed by atoms with van der Waals surface area (Å²) in [6, 6.07) is 4.03. The SMILES string of the molecule is CC(C)N(CCNc1ncnc(N2CCN(C(=O)c3ccco3)CC2)c1[N+](=O)[O-])C(C)C. The summed E-state index contributed by atoms with van der Waals surface area (Å²) in [5.41, 5.74) is -0.140. The summed E-state index contributed by atoms with van der Waals surface area (Å²) in [5, 5.41) is 15.0. The number of aromatic nitrogens is 2. The van der Waals surface area contributed by atoms with Crippen LogP contribution in [0, 0.1) is 10.1 Å². The van der Waals surface area contributed by atoms with Crippen LogP contribution in [-0.4, -0.2) is 82.0 Å². The molecule has 1 amide bonds. The fourth-order valence-electron chi connectivity index (χ4n) is 3.99. The number of carbonyl (C=O) groups is 1. The Bertz CT molecular complexity index is 901. The van der Waals surface area contributed by atoms with Gasteiger partial charge in [0, 0.05) is 51.4 Å². The summed E-state index contributed by atoms with van der Waals surface area (Å²) in [4.78, 5) is 38.1. The number of piperazine rings is 1. The highest BCUT2D eigenvalue weighted by Gasteiger charge is 2.31. The van der Waals surface area contributed by atoms with Gasteiger partial charge < -0.3 is 19.5 Å². The maximum absolute atomic E-state index is 12.5. The van der Waals surface area contributed by atoms with Crippen LogP contribution >= 0.6 is 0 Å². The fourth-order valence-corrected chi connectivity index (χ4v) is 3.99. The second-order valence-corrected chi connectivity index (χ2v) is 8.26. The molecule has 32 heavy (non-hydrogen) atoms. The number of rotatable bonds is 9. The molecule has 0 aliphatic carbocycles. The van der Waals surface area contributed by atoms with Gasteiger partial charge in [-0.25, -0.2) is 9.97 Å². The van der Waals surface area contributed by atoms with Gasteiger partial charge in [0.15, 0.2) is 5.76 Å². The van der Waals surface area contributed by atoms with Gasteiger partial charge in [0.25, 0.3) is 5.91 Å². The number of hydrogen-bond donors (Lipinski definition) is 1. The first-order valence-corrected chi connectivity index (χ1v) is 10.9. The zero-order chi connectivity index (χ0) is 23.3. The predicted molar refractivity (Wildman–Crippen MR) is 121 cm³/mol. The first-order chi connectivity index (χ1) is 15.3. The van der Waals surface area contributed by atoms with Crippen molar-refractivity contribution in [1.82, 2.24) is 19.8 Å². The Hall–Kier alpha value is -3.21. The van der Waals surface area contributed by atoms with Crippen molar-refractivity contribution in [1.29, 1.82) is 0 Å². The van der Waals surface area contributed by atoms with Crippen molar-refractivity contribution in [2.75, 3.05) is 49.5 Å². The third kappa shape index (κ3) is 5.34. The minimum atomic E-state index is -0.444. The highest BCUT2D eigenvalue weighted by atomic mass is 16.6. The molecule has 0 aromatic carbocycles. The van der Waals surface area contributed by atoms with Crippen LogP contribution in [0.25, 0.3) is 0 Å². The molecule has 0 bridgehead atoms. The second-order valence-electron chi connectivity index (χ2n) is 8.26. The Morgan fingerprint density at radius 1 is 1.22 bits per heavy atom. The number of nitrogens with zero attached hydrogens (tertiary/aromatic N) is 6. The fraction of sp³-hybridized carbons (Fsp3) is 0.571. The lowest BCUT2D eigenvalue weighted by Crippen LogP contribution is -2.49. The molecule has 2 aromatic heterocycles. The number of nitrogens with one attached hydrogen (secondary N) is 1. The molecule has 0 saturated carbocycles. The average Bonchev–Trinajstić information content (AvgIpc) is 3.30. The van der Waals surface area contributed by atoms with Crippen LogP contribution in [0.1, 0.15) is 38.2 Å². The van der Waals surface area contributed by atoms with E-state index in [2.05, 4.69) is 47.9 Å². The number of furan rings is 1. The number of hydrogen-bond acceptors (Lipinski definition) is 9. The Labute approximate surface area is 187 Å². The van der Waals surface area contributed by atoms with E-state index in [1.165, 1.54) is 12.6 Å². The molecule has 1 N–H and O–H groups in total. The molecule has 11 nitrogen and oxygen atoms in total. The molecule has 174 valence electrons. The first kappa shape index (κ1) is 23.5. The molecule has 1 saturated heterocycles. The smallest absolute Gasteiger partial charge is 0.353 e. The van der Waals surface area contributed by atoms with Crippen LogP contribution in [0.4, 0.5) is 17.3 Å². The van der Waals surface area contributed by atoms with E-state index < -0.39 is 4.92 Å². The maximum Gasteiger partial charge on any atom is 0.353 e. The molecular weight excluding hydrogens is 414 g/mol. The summed E-state index contributed by atoms with van der Waals surface area (Å²) >= 11 is 0. The Balaban J connectivity index is 1.68. The number of amides is 1. The van der Waals surface area contributed by atoms with Crippen molar-refractivity contribution in [2.24, 2.45) is 0 Å². The van der Waals surface area contributed by atoms with E-state index in [-0.39, 0.29) is 29.0 Å². The molecule has 1 fully saturated rings. The van der Waals surface area contributed by atoms with E-state index in [0.29, 0.717) is 44.8 Å². The minimum absolute atomic E-state index is 0.140. The van der Waals surface area contributed by atoms with E-state index in [1.807, 2.05) is 4.90 Å². The Morgan fingerprint density at radius 3 is 2.47 bits per heavy atom. The molecule has 0 spiro atoms. The lowest BCUT2D eigenvalue weighted by molar-refractivity contribution is -0.383. The normalized spacial score (nSPS) is 14.5. The topological polar surface area (TPSA) is 121 Å². The van der Waals surface area contributed by atoms with E-state index in [1.54, 1.807) is 17.0 Å². The Morgan fingerprint density at radius 2 is 1.91 bits per heavy atom. The van der Waals surface area contributed by atoms with Gasteiger partial charge in [0.1, 0.15) is 6.33 Å². The van der Waals surface area contributed by atoms with Crippen molar-refractivity contribution in [3.8, 4) is 0 Å². The molecular formula is C21H31N7O4. The zero-order valence-electron chi connectivity index (χ0n) is 19.0. The minimum Gasteiger partial charge on any atom is -0.459 e. The average molecular weight is 446 g/mol. The third-order valence-electron chi connectivity index (χ3n) is 5.57. The largest absolute Gasteiger partial charge is 0.459 e. The van der Waals surface area contributed by atoms with Crippen molar-refractivity contribution in [3.63, 3.8) is 0 Å². The quantitative estimate of drug-likeness (QED) is 0.458. The lowest BCUT2D eigenvalue weighted by atomic mass is 10.2. The second kappa shape index (κ2) is 10.4. The van der Waals surface area contributed by atoms with Crippen LogP contribution in [0.3, 0.4) is 0 Å². The van der Waals surface area contributed by atoms with E-state index >= 15 is 0 Å². The van der Waals surface area contributed by atoms with Gasteiger partial charge in [-0.1, -0.05) is 0 Å². The Kier molecular flexibility index (Phi) is 7.62. The molecule has 3 rings (SSSR count). The molecule has 3 heterocycles. The summed E-state index contributed by atoms with van der Waals surface area (Å²) < 4.78 is 5.18. The van der Waals surface area contributed by atoms with E-state index in [0.717, 1.165) is 6.54 Å². The van der Waals surface area contributed by atoms with Crippen molar-refractivity contribution in [3.05, 3.63) is 40.6 Å². The summed E-state index contributed by atoms with van der Waals surface area (Å²) in [5.74, 6) is 0.576. The number of anilines is 2. The van der Waals surface area contributed by atoms with Gasteiger partial charge in [0.2, 0.25) is 11.6 Å². The molecule has 1 aliphatic heterocycles. The van der Waals surface area contributed by atoms with Crippen LogP contribution < -0.4 is 10.2 Å². The summed E-state index contributed by atoms with van der Waals surface area (Å²) in [6.45, 7) is 11.5. The van der Waals surface area contributed by atoms with E-state index in [9.17, 15) is 14.9 Å². The van der Waals surface area contributed by atoms with Gasteiger partial charge in [-0.15, -0.1) is 0 Å². The van der Waals surface area contributed by atoms with Crippen LogP contribution in [-0.2, 0) is 0 Å². The molecule has 0 radical (unpaired) electrons. The number of carbonyl (C=O) groups excluding carboxylic acids is 1. The standard InChI is InChI=1S/C21H31N7O4/c1-15(2)27(16(3)4)8-7-22-19-18(28(30)31)20(24-14-23-19)25-9-11-26(12-10-25)21(29)17-6-5-13-32-17/h5-6,13-16H,7-12H2,1-4H3,(H,22,23,24). The van der Waals surface area contributed by atoms with Crippen LogP contribution in [0.2, 0.25) is 0 Å². The molecule has 0 unspecified atom stereocenters.